The van der Waals surface area contributed by atoms with Crippen LogP contribution in [0, 0.1) is 6.92 Å². The zero-order chi connectivity index (χ0) is 19.5. The normalized spacial score (nSPS) is 10.8. The average molecular weight is 393 g/mol. The number of aryl methyl sites for hydroxylation is 1. The Morgan fingerprint density at radius 3 is 2.68 bits per heavy atom. The molecule has 140 valence electrons. The summed E-state index contributed by atoms with van der Waals surface area (Å²) in [5, 5.41) is 11.2. The van der Waals surface area contributed by atoms with Gasteiger partial charge in [-0.3, -0.25) is 15.1 Å². The first-order chi connectivity index (χ1) is 13.6. The number of fused-ring (bicyclic) bond motifs is 1. The van der Waals surface area contributed by atoms with E-state index in [1.165, 1.54) is 0 Å². The molecule has 0 bridgehead atoms. The number of nitrogens with one attached hydrogen (secondary N) is 2. The Balaban J connectivity index is 1.54. The molecule has 2 N–H and O–H groups in total. The number of benzene rings is 1. The Hall–Kier alpha value is -3.45. The third kappa shape index (κ3) is 3.65. The lowest BCUT2D eigenvalue weighted by Gasteiger charge is -2.11. The molecule has 0 unspecified atom stereocenters. The first kappa shape index (κ1) is 17.9. The second kappa shape index (κ2) is 7.66. The largest absolute Gasteiger partial charge is 0.379 e. The minimum Gasteiger partial charge on any atom is -0.379 e. The van der Waals surface area contributed by atoms with E-state index >= 15 is 0 Å². The van der Waals surface area contributed by atoms with Crippen molar-refractivity contribution in [3.8, 4) is 0 Å². The number of rotatable bonds is 5. The quantitative estimate of drug-likeness (QED) is 0.537. The van der Waals surface area contributed by atoms with Crippen molar-refractivity contribution >= 4 is 34.8 Å². The van der Waals surface area contributed by atoms with Crippen molar-refractivity contribution in [2.75, 3.05) is 10.6 Å². The summed E-state index contributed by atoms with van der Waals surface area (Å²) in [6.45, 7) is 2.53. The summed E-state index contributed by atoms with van der Waals surface area (Å²) in [6, 6.07) is 14.7. The average Bonchev–Trinajstić information content (AvgIpc) is 3.13. The lowest BCUT2D eigenvalue weighted by molar-refractivity contribution is 0.102. The number of hydrogen-bond donors (Lipinski definition) is 2. The van der Waals surface area contributed by atoms with E-state index in [-0.39, 0.29) is 11.9 Å². The van der Waals surface area contributed by atoms with Crippen molar-refractivity contribution in [2.45, 2.75) is 13.5 Å². The Kier molecular flexibility index (Phi) is 4.90. The van der Waals surface area contributed by atoms with Crippen molar-refractivity contribution in [2.24, 2.45) is 0 Å². The minimum absolute atomic E-state index is 0.244. The van der Waals surface area contributed by atoms with Crippen LogP contribution >= 0.6 is 11.6 Å². The molecule has 4 rings (SSSR count). The molecule has 8 heteroatoms. The minimum atomic E-state index is -0.284. The zero-order valence-corrected chi connectivity index (χ0v) is 15.8. The van der Waals surface area contributed by atoms with Gasteiger partial charge in [0.25, 0.3) is 5.91 Å². The van der Waals surface area contributed by atoms with Crippen LogP contribution in [0.1, 0.15) is 21.6 Å². The zero-order valence-electron chi connectivity index (χ0n) is 15.1. The lowest BCUT2D eigenvalue weighted by atomic mass is 10.2. The summed E-state index contributed by atoms with van der Waals surface area (Å²) in [4.78, 5) is 20.6. The molecule has 1 aromatic carbocycles. The monoisotopic (exact) mass is 392 g/mol. The molecule has 3 aromatic heterocycles. The summed E-state index contributed by atoms with van der Waals surface area (Å²) in [6.07, 6.45) is 3.13. The number of carbonyl (C=O) groups excluding carboxylic acids is 1. The Morgan fingerprint density at radius 1 is 1.11 bits per heavy atom. The smallest absolute Gasteiger partial charge is 0.258 e. The van der Waals surface area contributed by atoms with Gasteiger partial charge in [-0.15, -0.1) is 5.10 Å². The van der Waals surface area contributed by atoms with Gasteiger partial charge in [0.05, 0.1) is 11.4 Å². The SMILES string of the molecule is Cc1c(NCc2ccccc2Cl)ccc2nc(NC(=O)c3ccncc3)nn12. The van der Waals surface area contributed by atoms with Gasteiger partial charge >= 0.3 is 0 Å². The fourth-order valence-corrected chi connectivity index (χ4v) is 3.02. The molecule has 4 aromatic rings. The molecule has 0 fully saturated rings. The predicted molar refractivity (Wildman–Crippen MR) is 109 cm³/mol. The van der Waals surface area contributed by atoms with Crippen molar-refractivity contribution in [1.82, 2.24) is 19.6 Å². The van der Waals surface area contributed by atoms with Gasteiger partial charge in [0.15, 0.2) is 5.65 Å². The second-order valence-electron chi connectivity index (χ2n) is 6.17. The fraction of sp³-hybridized carbons (Fsp3) is 0.100. The van der Waals surface area contributed by atoms with Crippen LogP contribution in [0.3, 0.4) is 0 Å². The summed E-state index contributed by atoms with van der Waals surface area (Å²) >= 11 is 6.22. The number of carbonyl (C=O) groups is 1. The molecule has 0 aliphatic heterocycles. The molecule has 0 radical (unpaired) electrons. The van der Waals surface area contributed by atoms with Crippen LogP contribution in [-0.2, 0) is 6.54 Å². The van der Waals surface area contributed by atoms with Gasteiger partial charge in [0, 0.05) is 29.5 Å². The topological polar surface area (TPSA) is 84.2 Å². The van der Waals surface area contributed by atoms with Gasteiger partial charge < -0.3 is 5.32 Å². The summed E-state index contributed by atoms with van der Waals surface area (Å²) in [5.74, 6) is -0.0406. The first-order valence-electron chi connectivity index (χ1n) is 8.67. The molecule has 7 nitrogen and oxygen atoms in total. The van der Waals surface area contributed by atoms with Gasteiger partial charge in [0.2, 0.25) is 5.95 Å². The number of nitrogens with zero attached hydrogens (tertiary/aromatic N) is 4. The van der Waals surface area contributed by atoms with E-state index in [1.807, 2.05) is 43.3 Å². The number of hydrogen-bond acceptors (Lipinski definition) is 5. The van der Waals surface area contributed by atoms with E-state index in [9.17, 15) is 4.79 Å². The van der Waals surface area contributed by atoms with Crippen molar-refractivity contribution in [3.63, 3.8) is 0 Å². The second-order valence-corrected chi connectivity index (χ2v) is 6.58. The molecule has 1 amide bonds. The molecule has 0 aliphatic rings. The van der Waals surface area contributed by atoms with Crippen LogP contribution < -0.4 is 10.6 Å². The van der Waals surface area contributed by atoms with Crippen molar-refractivity contribution < 1.29 is 4.79 Å². The Morgan fingerprint density at radius 2 is 1.89 bits per heavy atom. The maximum atomic E-state index is 12.3. The van der Waals surface area contributed by atoms with Gasteiger partial charge in [-0.05, 0) is 42.8 Å². The highest BCUT2D eigenvalue weighted by molar-refractivity contribution is 6.31. The molecular weight excluding hydrogens is 376 g/mol. The Bertz CT molecular complexity index is 1140. The molecule has 0 aliphatic carbocycles. The molecule has 28 heavy (non-hydrogen) atoms. The number of amides is 1. The van der Waals surface area contributed by atoms with Gasteiger partial charge in [-0.25, -0.2) is 4.52 Å². The number of anilines is 2. The van der Waals surface area contributed by atoms with E-state index in [1.54, 1.807) is 29.0 Å². The highest BCUT2D eigenvalue weighted by atomic mass is 35.5. The fourth-order valence-electron chi connectivity index (χ4n) is 2.82. The third-order valence-electron chi connectivity index (χ3n) is 4.33. The summed E-state index contributed by atoms with van der Waals surface area (Å²) in [5.41, 5.74) is 3.93. The van der Waals surface area contributed by atoms with Crippen LogP contribution in [0.2, 0.25) is 5.02 Å². The molecule has 0 saturated carbocycles. The van der Waals surface area contributed by atoms with Gasteiger partial charge in [-0.2, -0.15) is 4.98 Å². The van der Waals surface area contributed by atoms with Gasteiger partial charge in [0.1, 0.15) is 0 Å². The maximum absolute atomic E-state index is 12.3. The first-order valence-corrected chi connectivity index (χ1v) is 9.04. The van der Waals surface area contributed by atoms with E-state index in [0.29, 0.717) is 17.8 Å². The molecular formula is C20H17ClN6O. The van der Waals surface area contributed by atoms with E-state index in [0.717, 1.165) is 22.0 Å². The molecule has 0 spiro atoms. The van der Waals surface area contributed by atoms with Crippen LogP contribution in [-0.4, -0.2) is 25.5 Å². The van der Waals surface area contributed by atoms with Crippen molar-refractivity contribution in [1.29, 1.82) is 0 Å². The lowest BCUT2D eigenvalue weighted by Crippen LogP contribution is -2.13. The summed E-state index contributed by atoms with van der Waals surface area (Å²) < 4.78 is 1.69. The maximum Gasteiger partial charge on any atom is 0.258 e. The highest BCUT2D eigenvalue weighted by Gasteiger charge is 2.12. The van der Waals surface area contributed by atoms with Crippen LogP contribution in [0.15, 0.2) is 60.9 Å². The van der Waals surface area contributed by atoms with Crippen LogP contribution in [0.4, 0.5) is 11.6 Å². The Labute approximate surface area is 166 Å². The van der Waals surface area contributed by atoms with Crippen LogP contribution in [0.5, 0.6) is 0 Å². The standard InChI is InChI=1S/C20H17ClN6O/c1-13-17(23-12-15-4-2-3-5-16(15)21)6-7-18-24-20(26-27(13)18)25-19(28)14-8-10-22-11-9-14/h2-11,23H,12H2,1H3,(H,25,26,28). The van der Waals surface area contributed by atoms with E-state index in [2.05, 4.69) is 25.7 Å². The third-order valence-corrected chi connectivity index (χ3v) is 4.70. The predicted octanol–water partition coefficient (Wildman–Crippen LogP) is 3.95. The van der Waals surface area contributed by atoms with Gasteiger partial charge in [-0.1, -0.05) is 29.8 Å². The summed E-state index contributed by atoms with van der Waals surface area (Å²) in [7, 11) is 0. The molecule has 3 heterocycles. The molecule has 0 saturated heterocycles. The molecule has 0 atom stereocenters. The van der Waals surface area contributed by atoms with E-state index < -0.39 is 0 Å². The highest BCUT2D eigenvalue weighted by Crippen LogP contribution is 2.21. The number of aromatic nitrogens is 4. The van der Waals surface area contributed by atoms with E-state index in [4.69, 9.17) is 11.6 Å². The number of pyridine rings is 2. The van der Waals surface area contributed by atoms with Crippen LogP contribution in [0.25, 0.3) is 5.65 Å². The van der Waals surface area contributed by atoms with Crippen molar-refractivity contribution in [3.05, 3.63) is 82.8 Å². The number of halogens is 1.